The van der Waals surface area contributed by atoms with Gasteiger partial charge in [0.25, 0.3) is 0 Å². The molecule has 1 N–H and O–H groups in total. The molecule has 1 atom stereocenters. The van der Waals surface area contributed by atoms with E-state index in [1.54, 1.807) is 4.90 Å². The number of nitrogens with one attached hydrogen (secondary N) is 1. The molecule has 120 valence electrons. The van der Waals surface area contributed by atoms with Gasteiger partial charge in [0.2, 0.25) is 11.8 Å². The van der Waals surface area contributed by atoms with E-state index in [4.69, 9.17) is 0 Å². The minimum Gasteiger partial charge on any atom is -0.353 e. The Morgan fingerprint density at radius 1 is 1.32 bits per heavy atom. The molecule has 22 heavy (non-hydrogen) atoms. The highest BCUT2D eigenvalue weighted by molar-refractivity contribution is 7.90. The SMILES string of the molecule is CS(=O)(=O)CCNC(=O)C1CCC(=O)N1Cc1ccccc1. The Morgan fingerprint density at radius 3 is 2.64 bits per heavy atom. The summed E-state index contributed by atoms with van der Waals surface area (Å²) in [5.41, 5.74) is 0.965. The van der Waals surface area contributed by atoms with E-state index in [0.29, 0.717) is 19.4 Å². The molecule has 7 heteroatoms. The van der Waals surface area contributed by atoms with Gasteiger partial charge in [-0.1, -0.05) is 30.3 Å². The molecule has 1 aliphatic rings. The van der Waals surface area contributed by atoms with Crippen LogP contribution in [0.4, 0.5) is 0 Å². The highest BCUT2D eigenvalue weighted by atomic mass is 32.2. The van der Waals surface area contributed by atoms with E-state index >= 15 is 0 Å². The van der Waals surface area contributed by atoms with Crippen LogP contribution in [0.5, 0.6) is 0 Å². The van der Waals surface area contributed by atoms with Gasteiger partial charge in [0, 0.05) is 25.8 Å². The molecule has 1 unspecified atom stereocenters. The van der Waals surface area contributed by atoms with Crippen LogP contribution in [0.15, 0.2) is 30.3 Å². The number of carbonyl (C=O) groups excluding carboxylic acids is 2. The fourth-order valence-corrected chi connectivity index (χ4v) is 2.93. The van der Waals surface area contributed by atoms with Gasteiger partial charge in [-0.2, -0.15) is 0 Å². The van der Waals surface area contributed by atoms with Gasteiger partial charge < -0.3 is 10.2 Å². The number of likely N-dealkylation sites (tertiary alicyclic amines) is 1. The molecule has 0 bridgehead atoms. The van der Waals surface area contributed by atoms with E-state index in [-0.39, 0.29) is 24.1 Å². The Bertz CT molecular complexity index is 643. The standard InChI is InChI=1S/C15H20N2O4S/c1-22(20,21)10-9-16-15(19)13-7-8-14(18)17(13)11-12-5-3-2-4-6-12/h2-6,13H,7-11H2,1H3,(H,16,19). The van der Waals surface area contributed by atoms with Gasteiger partial charge in [-0.3, -0.25) is 9.59 Å². The van der Waals surface area contributed by atoms with E-state index in [1.807, 2.05) is 30.3 Å². The molecular formula is C15H20N2O4S. The van der Waals surface area contributed by atoms with E-state index in [9.17, 15) is 18.0 Å². The molecule has 1 aliphatic heterocycles. The van der Waals surface area contributed by atoms with Gasteiger partial charge in [-0.15, -0.1) is 0 Å². The Hall–Kier alpha value is -1.89. The normalized spacial score (nSPS) is 18.5. The lowest BCUT2D eigenvalue weighted by Crippen LogP contribution is -2.45. The quantitative estimate of drug-likeness (QED) is 0.818. The summed E-state index contributed by atoms with van der Waals surface area (Å²) in [6, 6.07) is 8.96. The Morgan fingerprint density at radius 2 is 2.00 bits per heavy atom. The summed E-state index contributed by atoms with van der Waals surface area (Å²) in [4.78, 5) is 25.7. The van der Waals surface area contributed by atoms with E-state index in [1.165, 1.54) is 0 Å². The number of amides is 2. The Kier molecular flexibility index (Phi) is 5.18. The topological polar surface area (TPSA) is 83.5 Å². The number of hydrogen-bond acceptors (Lipinski definition) is 4. The third kappa shape index (κ3) is 4.56. The van der Waals surface area contributed by atoms with Crippen LogP contribution in [-0.2, 0) is 26.0 Å². The summed E-state index contributed by atoms with van der Waals surface area (Å²) in [5.74, 6) is -0.435. The first kappa shape index (κ1) is 16.5. The molecule has 1 saturated heterocycles. The molecule has 0 radical (unpaired) electrons. The van der Waals surface area contributed by atoms with Gasteiger partial charge in [-0.05, 0) is 12.0 Å². The van der Waals surface area contributed by atoms with Crippen LogP contribution in [0.3, 0.4) is 0 Å². The molecule has 2 rings (SSSR count). The number of hydrogen-bond donors (Lipinski definition) is 1. The van der Waals surface area contributed by atoms with Crippen LogP contribution in [-0.4, -0.2) is 49.7 Å². The summed E-state index contributed by atoms with van der Waals surface area (Å²) in [5, 5.41) is 2.61. The average Bonchev–Trinajstić information content (AvgIpc) is 2.80. The maximum absolute atomic E-state index is 12.2. The summed E-state index contributed by atoms with van der Waals surface area (Å²) in [7, 11) is -3.11. The molecule has 2 amide bonds. The summed E-state index contributed by atoms with van der Waals surface area (Å²) in [6.07, 6.45) is 1.94. The van der Waals surface area contributed by atoms with Crippen molar-refractivity contribution in [3.8, 4) is 0 Å². The van der Waals surface area contributed by atoms with Gasteiger partial charge in [0.05, 0.1) is 5.75 Å². The summed E-state index contributed by atoms with van der Waals surface area (Å²) >= 11 is 0. The van der Waals surface area contributed by atoms with E-state index in [0.717, 1.165) is 11.8 Å². The number of rotatable bonds is 6. The smallest absolute Gasteiger partial charge is 0.242 e. The molecule has 1 fully saturated rings. The molecule has 0 spiro atoms. The van der Waals surface area contributed by atoms with Crippen molar-refractivity contribution in [1.29, 1.82) is 0 Å². The summed E-state index contributed by atoms with van der Waals surface area (Å²) in [6.45, 7) is 0.464. The lowest BCUT2D eigenvalue weighted by molar-refractivity contribution is -0.135. The number of sulfone groups is 1. The zero-order valence-electron chi connectivity index (χ0n) is 12.5. The predicted molar refractivity (Wildman–Crippen MR) is 82.7 cm³/mol. The van der Waals surface area contributed by atoms with Crippen molar-refractivity contribution in [2.45, 2.75) is 25.4 Å². The number of benzene rings is 1. The molecule has 0 aromatic heterocycles. The monoisotopic (exact) mass is 324 g/mol. The molecule has 0 saturated carbocycles. The highest BCUT2D eigenvalue weighted by Crippen LogP contribution is 2.21. The van der Waals surface area contributed by atoms with Crippen molar-refractivity contribution >= 4 is 21.7 Å². The van der Waals surface area contributed by atoms with Gasteiger partial charge in [0.1, 0.15) is 15.9 Å². The second-order valence-electron chi connectivity index (χ2n) is 5.48. The molecule has 1 aromatic carbocycles. The lowest BCUT2D eigenvalue weighted by atomic mass is 10.1. The van der Waals surface area contributed by atoms with E-state index < -0.39 is 15.9 Å². The van der Waals surface area contributed by atoms with Crippen molar-refractivity contribution < 1.29 is 18.0 Å². The molecule has 0 aliphatic carbocycles. The van der Waals surface area contributed by atoms with Crippen molar-refractivity contribution in [2.75, 3.05) is 18.6 Å². The Labute approximate surface area is 130 Å². The first-order valence-corrected chi connectivity index (χ1v) is 9.22. The Balaban J connectivity index is 1.96. The highest BCUT2D eigenvalue weighted by Gasteiger charge is 2.35. The molecule has 1 aromatic rings. The van der Waals surface area contributed by atoms with Crippen molar-refractivity contribution in [3.63, 3.8) is 0 Å². The maximum Gasteiger partial charge on any atom is 0.242 e. The second kappa shape index (κ2) is 6.91. The van der Waals surface area contributed by atoms with Crippen LogP contribution in [0.2, 0.25) is 0 Å². The van der Waals surface area contributed by atoms with Crippen LogP contribution in [0.25, 0.3) is 0 Å². The predicted octanol–water partition coefficient (Wildman–Crippen LogP) is 0.338. The van der Waals surface area contributed by atoms with Crippen LogP contribution in [0.1, 0.15) is 18.4 Å². The van der Waals surface area contributed by atoms with Gasteiger partial charge >= 0.3 is 0 Å². The second-order valence-corrected chi connectivity index (χ2v) is 7.74. The van der Waals surface area contributed by atoms with Gasteiger partial charge in [-0.25, -0.2) is 8.42 Å². The fourth-order valence-electron chi connectivity index (χ4n) is 2.46. The largest absolute Gasteiger partial charge is 0.353 e. The number of carbonyl (C=O) groups is 2. The van der Waals surface area contributed by atoms with Crippen LogP contribution in [0, 0.1) is 0 Å². The van der Waals surface area contributed by atoms with Crippen molar-refractivity contribution in [2.24, 2.45) is 0 Å². The third-order valence-electron chi connectivity index (χ3n) is 3.60. The molecule has 6 nitrogen and oxygen atoms in total. The van der Waals surface area contributed by atoms with E-state index in [2.05, 4.69) is 5.32 Å². The van der Waals surface area contributed by atoms with Crippen LogP contribution < -0.4 is 5.32 Å². The molecular weight excluding hydrogens is 304 g/mol. The number of nitrogens with zero attached hydrogens (tertiary/aromatic N) is 1. The molecule has 1 heterocycles. The lowest BCUT2D eigenvalue weighted by Gasteiger charge is -2.24. The summed E-state index contributed by atoms with van der Waals surface area (Å²) < 4.78 is 22.2. The average molecular weight is 324 g/mol. The van der Waals surface area contributed by atoms with Crippen LogP contribution >= 0.6 is 0 Å². The van der Waals surface area contributed by atoms with Gasteiger partial charge in [0.15, 0.2) is 0 Å². The van der Waals surface area contributed by atoms with Crippen molar-refractivity contribution in [3.05, 3.63) is 35.9 Å². The first-order valence-electron chi connectivity index (χ1n) is 7.15. The first-order chi connectivity index (χ1) is 10.4. The maximum atomic E-state index is 12.2. The zero-order valence-corrected chi connectivity index (χ0v) is 13.3. The fraction of sp³-hybridized carbons (Fsp3) is 0.467. The van der Waals surface area contributed by atoms with Crippen molar-refractivity contribution in [1.82, 2.24) is 10.2 Å². The zero-order chi connectivity index (χ0) is 16.2. The third-order valence-corrected chi connectivity index (χ3v) is 4.54. The minimum atomic E-state index is -3.11. The minimum absolute atomic E-state index is 0.0490.